The summed E-state index contributed by atoms with van der Waals surface area (Å²) in [5.74, 6) is 0.102. The molecule has 0 radical (unpaired) electrons. The minimum atomic E-state index is 0.102. The third kappa shape index (κ3) is 6.94. The fraction of sp³-hybridized carbons (Fsp3) is 0.526. The molecule has 0 aliphatic heterocycles. The zero-order valence-corrected chi connectivity index (χ0v) is 14.6. The summed E-state index contributed by atoms with van der Waals surface area (Å²) >= 11 is 0. The molecule has 5 heteroatoms. The monoisotopic (exact) mass is 328 g/mol. The summed E-state index contributed by atoms with van der Waals surface area (Å²) in [5, 5.41) is 11.2. The number of hydrogen-bond donors (Lipinski definition) is 1. The second-order valence-corrected chi connectivity index (χ2v) is 6.15. The van der Waals surface area contributed by atoms with Gasteiger partial charge in [-0.1, -0.05) is 68.2 Å². The quantitative estimate of drug-likeness (QED) is 0.642. The molecule has 24 heavy (non-hydrogen) atoms. The van der Waals surface area contributed by atoms with E-state index in [0.717, 1.165) is 31.5 Å². The van der Waals surface area contributed by atoms with Gasteiger partial charge in [-0.05, 0) is 18.4 Å². The molecule has 0 saturated carbocycles. The van der Waals surface area contributed by atoms with Crippen LogP contribution in [0.1, 0.15) is 56.7 Å². The second-order valence-electron chi connectivity index (χ2n) is 6.15. The molecule has 0 atom stereocenters. The van der Waals surface area contributed by atoms with Crippen molar-refractivity contribution in [1.82, 2.24) is 20.3 Å². The zero-order chi connectivity index (χ0) is 17.0. The Bertz CT molecular complexity index is 594. The average Bonchev–Trinajstić information content (AvgIpc) is 3.07. The van der Waals surface area contributed by atoms with E-state index in [2.05, 4.69) is 34.7 Å². The first kappa shape index (κ1) is 18.2. The van der Waals surface area contributed by atoms with Crippen LogP contribution >= 0.6 is 0 Å². The molecule has 0 unspecified atom stereocenters. The van der Waals surface area contributed by atoms with Gasteiger partial charge in [-0.15, -0.1) is 5.10 Å². The number of unbranched alkanes of at least 4 members (excludes halogenated alkanes) is 4. The van der Waals surface area contributed by atoms with Gasteiger partial charge in [0.2, 0.25) is 5.91 Å². The first-order valence-corrected chi connectivity index (χ1v) is 8.97. The van der Waals surface area contributed by atoms with E-state index in [1.54, 1.807) is 0 Å². The van der Waals surface area contributed by atoms with Gasteiger partial charge in [0.25, 0.3) is 0 Å². The van der Waals surface area contributed by atoms with Gasteiger partial charge >= 0.3 is 0 Å². The van der Waals surface area contributed by atoms with Crippen molar-refractivity contribution in [3.8, 4) is 0 Å². The highest BCUT2D eigenvalue weighted by molar-refractivity contribution is 5.75. The highest BCUT2D eigenvalue weighted by atomic mass is 16.1. The molecule has 0 aliphatic rings. The minimum Gasteiger partial charge on any atom is -0.350 e. The van der Waals surface area contributed by atoms with E-state index in [-0.39, 0.29) is 5.91 Å². The van der Waals surface area contributed by atoms with Crippen molar-refractivity contribution < 1.29 is 4.79 Å². The Morgan fingerprint density at radius 3 is 2.71 bits per heavy atom. The summed E-state index contributed by atoms with van der Waals surface area (Å²) in [6, 6.07) is 10.3. The van der Waals surface area contributed by atoms with Gasteiger partial charge in [0.05, 0.1) is 12.7 Å². The van der Waals surface area contributed by atoms with Crippen LogP contribution in [0.15, 0.2) is 36.5 Å². The molecule has 1 heterocycles. The first-order chi connectivity index (χ1) is 11.8. The van der Waals surface area contributed by atoms with Crippen molar-refractivity contribution in [2.45, 2.75) is 65.0 Å². The topological polar surface area (TPSA) is 59.8 Å². The van der Waals surface area contributed by atoms with Crippen LogP contribution in [-0.4, -0.2) is 20.9 Å². The number of amides is 1. The number of aromatic nitrogens is 3. The Hall–Kier alpha value is -2.17. The lowest BCUT2D eigenvalue weighted by Gasteiger charge is -2.03. The number of nitrogens with one attached hydrogen (secondary N) is 1. The van der Waals surface area contributed by atoms with Crippen LogP contribution < -0.4 is 5.32 Å². The number of benzene rings is 1. The van der Waals surface area contributed by atoms with Gasteiger partial charge in [0.15, 0.2) is 0 Å². The third-order valence-corrected chi connectivity index (χ3v) is 4.03. The molecule has 0 aliphatic carbocycles. The summed E-state index contributed by atoms with van der Waals surface area (Å²) in [5.41, 5.74) is 2.09. The molecule has 0 bridgehead atoms. The maximum Gasteiger partial charge on any atom is 0.220 e. The number of hydrogen-bond acceptors (Lipinski definition) is 3. The maximum absolute atomic E-state index is 11.8. The van der Waals surface area contributed by atoms with E-state index in [0.29, 0.717) is 13.0 Å². The van der Waals surface area contributed by atoms with Gasteiger partial charge < -0.3 is 5.32 Å². The van der Waals surface area contributed by atoms with Crippen molar-refractivity contribution in [3.05, 3.63) is 47.8 Å². The Morgan fingerprint density at radius 1 is 1.12 bits per heavy atom. The Balaban J connectivity index is 1.63. The van der Waals surface area contributed by atoms with Gasteiger partial charge in [-0.25, -0.2) is 0 Å². The number of nitrogens with zero attached hydrogens (tertiary/aromatic N) is 3. The standard InChI is InChI=1S/C19H28N4O/c1-2-3-4-5-9-12-19(24)20-15-18-16-23(22-21-18)14-13-17-10-7-6-8-11-17/h6-8,10-11,16H,2-5,9,12-15H2,1H3,(H,20,24). The van der Waals surface area contributed by atoms with Crippen molar-refractivity contribution in [1.29, 1.82) is 0 Å². The van der Waals surface area contributed by atoms with Crippen LogP contribution in [-0.2, 0) is 24.3 Å². The first-order valence-electron chi connectivity index (χ1n) is 8.97. The highest BCUT2D eigenvalue weighted by Crippen LogP contribution is 2.05. The van der Waals surface area contributed by atoms with E-state index in [1.165, 1.54) is 24.8 Å². The number of aryl methyl sites for hydroxylation is 2. The van der Waals surface area contributed by atoms with Crippen LogP contribution in [0.2, 0.25) is 0 Å². The van der Waals surface area contributed by atoms with Crippen LogP contribution in [0.4, 0.5) is 0 Å². The third-order valence-electron chi connectivity index (χ3n) is 4.03. The lowest BCUT2D eigenvalue weighted by molar-refractivity contribution is -0.121. The number of carbonyl (C=O) groups is 1. The average molecular weight is 328 g/mol. The van der Waals surface area contributed by atoms with Crippen molar-refractivity contribution in [2.24, 2.45) is 0 Å². The van der Waals surface area contributed by atoms with Crippen molar-refractivity contribution in [2.75, 3.05) is 0 Å². The van der Waals surface area contributed by atoms with Crippen molar-refractivity contribution >= 4 is 5.91 Å². The molecule has 2 aromatic rings. The molecule has 1 aromatic heterocycles. The summed E-state index contributed by atoms with van der Waals surface area (Å²) in [7, 11) is 0. The van der Waals surface area contributed by atoms with E-state index < -0.39 is 0 Å². The second kappa shape index (κ2) is 10.6. The normalized spacial score (nSPS) is 10.7. The molecule has 0 fully saturated rings. The Morgan fingerprint density at radius 2 is 1.92 bits per heavy atom. The van der Waals surface area contributed by atoms with E-state index >= 15 is 0 Å². The molecule has 0 saturated heterocycles. The number of carbonyl (C=O) groups excluding carboxylic acids is 1. The molecular weight excluding hydrogens is 300 g/mol. The molecule has 5 nitrogen and oxygen atoms in total. The summed E-state index contributed by atoms with van der Waals surface area (Å²) in [4.78, 5) is 11.8. The SMILES string of the molecule is CCCCCCCC(=O)NCc1cn(CCc2ccccc2)nn1. The van der Waals surface area contributed by atoms with Crippen LogP contribution in [0, 0.1) is 0 Å². The molecule has 1 N–H and O–H groups in total. The minimum absolute atomic E-state index is 0.102. The maximum atomic E-state index is 11.8. The van der Waals surface area contributed by atoms with Gasteiger partial charge in [0, 0.05) is 13.0 Å². The smallest absolute Gasteiger partial charge is 0.220 e. The molecule has 1 aromatic carbocycles. The highest BCUT2D eigenvalue weighted by Gasteiger charge is 2.05. The molecular formula is C19H28N4O. The van der Waals surface area contributed by atoms with Gasteiger partial charge in [-0.3, -0.25) is 9.48 Å². The van der Waals surface area contributed by atoms with Crippen LogP contribution in [0.3, 0.4) is 0 Å². The van der Waals surface area contributed by atoms with Crippen LogP contribution in [0.25, 0.3) is 0 Å². The predicted molar refractivity (Wildman–Crippen MR) is 95.4 cm³/mol. The summed E-state index contributed by atoms with van der Waals surface area (Å²) in [6.07, 6.45) is 9.25. The molecule has 1 amide bonds. The lowest BCUT2D eigenvalue weighted by Crippen LogP contribution is -2.22. The molecule has 130 valence electrons. The van der Waals surface area contributed by atoms with Gasteiger partial charge in [-0.2, -0.15) is 0 Å². The predicted octanol–water partition coefficient (Wildman–Crippen LogP) is 3.50. The Labute approximate surface area is 144 Å². The van der Waals surface area contributed by atoms with E-state index in [1.807, 2.05) is 29.1 Å². The fourth-order valence-electron chi connectivity index (χ4n) is 2.58. The number of rotatable bonds is 11. The summed E-state index contributed by atoms with van der Waals surface area (Å²) < 4.78 is 1.83. The molecule has 2 rings (SSSR count). The van der Waals surface area contributed by atoms with E-state index in [4.69, 9.17) is 0 Å². The Kier molecular flexibility index (Phi) is 8.01. The van der Waals surface area contributed by atoms with Crippen molar-refractivity contribution in [3.63, 3.8) is 0 Å². The largest absolute Gasteiger partial charge is 0.350 e. The van der Waals surface area contributed by atoms with Crippen LogP contribution in [0.5, 0.6) is 0 Å². The van der Waals surface area contributed by atoms with Gasteiger partial charge in [0.1, 0.15) is 5.69 Å². The molecule has 0 spiro atoms. The summed E-state index contributed by atoms with van der Waals surface area (Å²) in [6.45, 7) is 3.45. The van der Waals surface area contributed by atoms with E-state index in [9.17, 15) is 4.79 Å². The fourth-order valence-corrected chi connectivity index (χ4v) is 2.58. The zero-order valence-electron chi connectivity index (χ0n) is 14.6. The lowest BCUT2D eigenvalue weighted by atomic mass is 10.1.